The molecule has 2 saturated heterocycles. The van der Waals surface area contributed by atoms with Crippen LogP contribution in [0.5, 0.6) is 0 Å². The van der Waals surface area contributed by atoms with Crippen molar-refractivity contribution in [1.82, 2.24) is 9.80 Å². The van der Waals surface area contributed by atoms with E-state index < -0.39 is 5.41 Å². The van der Waals surface area contributed by atoms with Crippen LogP contribution in [0.1, 0.15) is 36.3 Å². The van der Waals surface area contributed by atoms with Crippen LogP contribution >= 0.6 is 0 Å². The average Bonchev–Trinajstić information content (AvgIpc) is 3.66. The van der Waals surface area contributed by atoms with Gasteiger partial charge in [-0.25, -0.2) is 4.39 Å². The Kier molecular flexibility index (Phi) is 5.72. The number of ether oxygens (including phenoxy) is 1. The number of hydrogen-bond acceptors (Lipinski definition) is 3. The van der Waals surface area contributed by atoms with Gasteiger partial charge in [0.25, 0.3) is 0 Å². The summed E-state index contributed by atoms with van der Waals surface area (Å²) in [6.45, 7) is 3.44. The number of carbonyl (C=O) groups excluding carboxylic acids is 2. The summed E-state index contributed by atoms with van der Waals surface area (Å²) in [6.07, 6.45) is 2.20. The topological polar surface area (TPSA) is 49.9 Å². The molecule has 3 fully saturated rings. The maximum absolute atomic E-state index is 13.7. The van der Waals surface area contributed by atoms with E-state index in [1.807, 2.05) is 40.1 Å². The van der Waals surface area contributed by atoms with Crippen molar-refractivity contribution in [3.8, 4) is 0 Å². The Hall–Kier alpha value is -2.73. The lowest BCUT2D eigenvalue weighted by Gasteiger charge is -2.43. The van der Waals surface area contributed by atoms with Crippen LogP contribution in [0.2, 0.25) is 0 Å². The summed E-state index contributed by atoms with van der Waals surface area (Å²) in [5.41, 5.74) is 1.56. The molecule has 32 heavy (non-hydrogen) atoms. The Morgan fingerprint density at radius 1 is 0.875 bits per heavy atom. The molecule has 0 aromatic heterocycles. The molecule has 5 nitrogen and oxygen atoms in total. The Labute approximate surface area is 188 Å². The van der Waals surface area contributed by atoms with Crippen molar-refractivity contribution >= 4 is 11.8 Å². The number of piperazine rings is 1. The fourth-order valence-corrected chi connectivity index (χ4v) is 5.32. The minimum Gasteiger partial charge on any atom is -0.381 e. The molecule has 0 N–H and O–H groups in total. The van der Waals surface area contributed by atoms with E-state index in [1.165, 1.54) is 12.1 Å². The van der Waals surface area contributed by atoms with Gasteiger partial charge in [-0.1, -0.05) is 42.5 Å². The van der Waals surface area contributed by atoms with Crippen LogP contribution in [0.4, 0.5) is 4.39 Å². The Morgan fingerprint density at radius 2 is 1.50 bits per heavy atom. The number of hydrogen-bond donors (Lipinski definition) is 0. The van der Waals surface area contributed by atoms with Crippen molar-refractivity contribution in [3.05, 3.63) is 71.5 Å². The molecular weight excluding hydrogens is 407 g/mol. The van der Waals surface area contributed by atoms with E-state index >= 15 is 0 Å². The summed E-state index contributed by atoms with van der Waals surface area (Å²) in [6, 6.07) is 16.5. The lowest BCUT2D eigenvalue weighted by molar-refractivity contribution is -0.146. The number of benzene rings is 2. The molecule has 1 aliphatic carbocycles. The summed E-state index contributed by atoms with van der Waals surface area (Å²) in [4.78, 5) is 30.5. The van der Waals surface area contributed by atoms with Gasteiger partial charge >= 0.3 is 0 Å². The maximum Gasteiger partial charge on any atom is 0.233 e. The second-order valence-corrected chi connectivity index (χ2v) is 9.18. The first-order valence-corrected chi connectivity index (χ1v) is 11.6. The normalized spacial score (nSPS) is 24.8. The molecule has 5 rings (SSSR count). The molecule has 2 aromatic carbocycles. The van der Waals surface area contributed by atoms with Gasteiger partial charge in [-0.2, -0.15) is 0 Å². The van der Waals surface area contributed by atoms with Gasteiger partial charge in [-0.05, 0) is 48.4 Å². The van der Waals surface area contributed by atoms with Crippen LogP contribution in [0.25, 0.3) is 0 Å². The highest BCUT2D eigenvalue weighted by Gasteiger charge is 2.48. The number of nitrogens with zero attached hydrogens (tertiary/aromatic N) is 2. The first-order chi connectivity index (χ1) is 15.6. The predicted octanol–water partition coefficient (Wildman–Crippen LogP) is 3.35. The largest absolute Gasteiger partial charge is 0.381 e. The molecular formula is C26H29FN2O3. The zero-order valence-electron chi connectivity index (χ0n) is 18.2. The lowest BCUT2D eigenvalue weighted by atomic mass is 9.73. The van der Waals surface area contributed by atoms with Gasteiger partial charge in [0.05, 0.1) is 5.41 Å². The van der Waals surface area contributed by atoms with Crippen molar-refractivity contribution < 1.29 is 18.7 Å². The number of amides is 2. The maximum atomic E-state index is 13.7. The smallest absolute Gasteiger partial charge is 0.233 e. The number of carbonyl (C=O) groups is 2. The summed E-state index contributed by atoms with van der Waals surface area (Å²) in [5, 5.41) is 0. The minimum absolute atomic E-state index is 0.0196. The third-order valence-corrected chi connectivity index (χ3v) is 7.37. The quantitative estimate of drug-likeness (QED) is 0.739. The Morgan fingerprint density at radius 3 is 2.16 bits per heavy atom. The Balaban J connectivity index is 1.22. The SMILES string of the molecule is O=C([C@@H]1C[C@@H]1c1ccc(F)cc1)N1CCN(C(=O)C2(c3ccccc3)CCOCC2)CC1. The van der Waals surface area contributed by atoms with E-state index in [4.69, 9.17) is 4.74 Å². The average molecular weight is 437 g/mol. The molecule has 6 heteroatoms. The summed E-state index contributed by atoms with van der Waals surface area (Å²) >= 11 is 0. The second-order valence-electron chi connectivity index (χ2n) is 9.18. The third kappa shape index (κ3) is 3.92. The van der Waals surface area contributed by atoms with Crippen molar-refractivity contribution in [2.75, 3.05) is 39.4 Å². The molecule has 0 unspecified atom stereocenters. The van der Waals surface area contributed by atoms with Crippen LogP contribution in [-0.4, -0.2) is 61.0 Å². The fourth-order valence-electron chi connectivity index (χ4n) is 5.32. The van der Waals surface area contributed by atoms with Gasteiger partial charge in [0, 0.05) is 45.3 Å². The fraction of sp³-hybridized carbons (Fsp3) is 0.462. The molecule has 2 atom stereocenters. The van der Waals surface area contributed by atoms with Crippen LogP contribution in [0, 0.1) is 11.7 Å². The van der Waals surface area contributed by atoms with Gasteiger partial charge < -0.3 is 14.5 Å². The highest BCUT2D eigenvalue weighted by molar-refractivity contribution is 5.89. The summed E-state index contributed by atoms with van der Waals surface area (Å²) in [7, 11) is 0. The number of halogens is 1. The summed E-state index contributed by atoms with van der Waals surface area (Å²) in [5.74, 6) is 0.237. The first kappa shape index (κ1) is 21.1. The van der Waals surface area contributed by atoms with E-state index in [2.05, 4.69) is 0 Å². The summed E-state index contributed by atoms with van der Waals surface area (Å²) < 4.78 is 18.7. The first-order valence-electron chi connectivity index (χ1n) is 11.6. The van der Waals surface area contributed by atoms with Gasteiger partial charge in [-0.3, -0.25) is 9.59 Å². The van der Waals surface area contributed by atoms with Gasteiger partial charge in [0.2, 0.25) is 11.8 Å². The zero-order chi connectivity index (χ0) is 22.1. The van der Waals surface area contributed by atoms with E-state index in [0.717, 1.165) is 17.5 Å². The molecule has 168 valence electrons. The standard InChI is InChI=1S/C26H29FN2O3/c27-21-8-6-19(7-9-21)22-18-23(22)24(30)28-12-14-29(15-13-28)25(31)26(10-16-32-17-11-26)20-4-2-1-3-5-20/h1-9,22-23H,10-18H2/t22-,23-/m1/s1. The third-order valence-electron chi connectivity index (χ3n) is 7.37. The van der Waals surface area contributed by atoms with Crippen LogP contribution in [0.3, 0.4) is 0 Å². The van der Waals surface area contributed by atoms with Gasteiger partial charge in [0.15, 0.2) is 0 Å². The molecule has 1 saturated carbocycles. The van der Waals surface area contributed by atoms with Gasteiger partial charge in [0.1, 0.15) is 5.82 Å². The van der Waals surface area contributed by atoms with Gasteiger partial charge in [-0.15, -0.1) is 0 Å². The zero-order valence-corrected chi connectivity index (χ0v) is 18.2. The van der Waals surface area contributed by atoms with Crippen LogP contribution in [-0.2, 0) is 19.7 Å². The molecule has 0 radical (unpaired) electrons. The monoisotopic (exact) mass is 436 g/mol. The number of rotatable bonds is 4. The van der Waals surface area contributed by atoms with Crippen molar-refractivity contribution in [3.63, 3.8) is 0 Å². The molecule has 2 heterocycles. The van der Waals surface area contributed by atoms with E-state index in [0.29, 0.717) is 52.2 Å². The Bertz CT molecular complexity index is 964. The van der Waals surface area contributed by atoms with Crippen molar-refractivity contribution in [1.29, 1.82) is 0 Å². The molecule has 2 amide bonds. The highest BCUT2D eigenvalue weighted by atomic mass is 19.1. The highest BCUT2D eigenvalue weighted by Crippen LogP contribution is 2.48. The lowest BCUT2D eigenvalue weighted by Crippen LogP contribution is -2.57. The van der Waals surface area contributed by atoms with Crippen molar-refractivity contribution in [2.24, 2.45) is 5.92 Å². The molecule has 2 aliphatic heterocycles. The molecule has 0 spiro atoms. The van der Waals surface area contributed by atoms with Crippen LogP contribution in [0.15, 0.2) is 54.6 Å². The van der Waals surface area contributed by atoms with E-state index in [1.54, 1.807) is 12.1 Å². The second kappa shape index (κ2) is 8.66. The molecule has 0 bridgehead atoms. The van der Waals surface area contributed by atoms with Crippen molar-refractivity contribution in [2.45, 2.75) is 30.6 Å². The van der Waals surface area contributed by atoms with E-state index in [9.17, 15) is 14.0 Å². The predicted molar refractivity (Wildman–Crippen MR) is 119 cm³/mol. The molecule has 3 aliphatic rings. The van der Waals surface area contributed by atoms with E-state index in [-0.39, 0.29) is 29.5 Å². The van der Waals surface area contributed by atoms with Crippen LogP contribution < -0.4 is 0 Å². The minimum atomic E-state index is -0.532. The molecule has 2 aromatic rings.